The molecule has 1 N–H and O–H groups in total. The second-order valence-electron chi connectivity index (χ2n) is 4.34. The monoisotopic (exact) mass is 333 g/mol. The van der Waals surface area contributed by atoms with E-state index in [2.05, 4.69) is 30.3 Å². The minimum atomic E-state index is -0.730. The number of methoxy groups -OCH3 is 3. The van der Waals surface area contributed by atoms with Crippen LogP contribution < -0.4 is 10.1 Å². The molecule has 24 heavy (non-hydrogen) atoms. The summed E-state index contributed by atoms with van der Waals surface area (Å²) in [5.41, 5.74) is 0.992. The van der Waals surface area contributed by atoms with Crippen molar-refractivity contribution in [3.63, 3.8) is 0 Å². The van der Waals surface area contributed by atoms with Gasteiger partial charge in [-0.1, -0.05) is 0 Å². The minimum absolute atomic E-state index is 0.0992. The van der Waals surface area contributed by atoms with Crippen LogP contribution in [0.2, 0.25) is 0 Å². The smallest absolute Gasteiger partial charge is 0.354 e. The lowest BCUT2D eigenvalue weighted by Crippen LogP contribution is -2.16. The molecule has 0 fully saturated rings. The summed E-state index contributed by atoms with van der Waals surface area (Å²) in [5.74, 6) is -1.03. The van der Waals surface area contributed by atoms with Crippen LogP contribution in [0.5, 0.6) is 5.75 Å². The Kier molecular flexibility index (Phi) is 5.45. The van der Waals surface area contributed by atoms with Crippen LogP contribution in [0.1, 0.15) is 0 Å². The van der Waals surface area contributed by atoms with Gasteiger partial charge in [0.1, 0.15) is 17.8 Å². The summed E-state index contributed by atoms with van der Waals surface area (Å²) in [6, 6.07) is 5.00. The Hall–Kier alpha value is -3.43. The topological polar surface area (TPSA) is 117 Å². The molecule has 2 rings (SSSR count). The molecule has 0 aliphatic rings. The molecule has 0 aliphatic heterocycles. The molecule has 0 bridgehead atoms. The van der Waals surface area contributed by atoms with E-state index >= 15 is 0 Å². The van der Waals surface area contributed by atoms with Gasteiger partial charge in [0.15, 0.2) is 0 Å². The summed E-state index contributed by atoms with van der Waals surface area (Å²) in [4.78, 5) is 23.2. The first-order chi connectivity index (χ1) is 11.6. The van der Waals surface area contributed by atoms with Crippen LogP contribution in [0.15, 0.2) is 36.3 Å². The van der Waals surface area contributed by atoms with Crippen molar-refractivity contribution < 1.29 is 23.8 Å². The highest BCUT2D eigenvalue weighted by Crippen LogP contribution is 2.28. The third-order valence-electron chi connectivity index (χ3n) is 2.94. The third kappa shape index (κ3) is 3.85. The van der Waals surface area contributed by atoms with Crippen molar-refractivity contribution in [3.05, 3.63) is 36.3 Å². The number of hydrogen-bond donors (Lipinski definition) is 1. The van der Waals surface area contributed by atoms with Gasteiger partial charge in [0.05, 0.1) is 38.8 Å². The second kappa shape index (κ2) is 7.72. The summed E-state index contributed by atoms with van der Waals surface area (Å²) in [6.07, 6.45) is 2.42. The van der Waals surface area contributed by atoms with Crippen molar-refractivity contribution in [2.24, 2.45) is 0 Å². The molecule has 10 heteroatoms. The Morgan fingerprint density at radius 3 is 2.58 bits per heavy atom. The summed E-state index contributed by atoms with van der Waals surface area (Å²) in [6.45, 7) is 0. The molecule has 2 aromatic rings. The van der Waals surface area contributed by atoms with E-state index in [9.17, 15) is 9.59 Å². The first-order valence-corrected chi connectivity index (χ1v) is 6.65. The Bertz CT molecular complexity index is 757. The predicted octanol–water partition coefficient (Wildman–Crippen LogP) is 0.313. The molecule has 10 nitrogen and oxygen atoms in total. The van der Waals surface area contributed by atoms with Gasteiger partial charge in [0.2, 0.25) is 0 Å². The van der Waals surface area contributed by atoms with Crippen LogP contribution in [-0.4, -0.2) is 53.5 Å². The van der Waals surface area contributed by atoms with E-state index in [0.29, 0.717) is 17.1 Å². The second-order valence-corrected chi connectivity index (χ2v) is 4.34. The molecule has 1 heterocycles. The van der Waals surface area contributed by atoms with Crippen LogP contribution >= 0.6 is 0 Å². The molecule has 126 valence electrons. The molecular weight excluding hydrogens is 318 g/mol. The largest absolute Gasteiger partial charge is 0.494 e. The molecule has 0 atom stereocenters. The average Bonchev–Trinajstić information content (AvgIpc) is 3.15. The van der Waals surface area contributed by atoms with Crippen LogP contribution in [-0.2, 0) is 19.1 Å². The fourth-order valence-electron chi connectivity index (χ4n) is 1.78. The number of tetrazole rings is 1. The van der Waals surface area contributed by atoms with Gasteiger partial charge in [-0.15, -0.1) is 5.10 Å². The van der Waals surface area contributed by atoms with Crippen molar-refractivity contribution in [2.45, 2.75) is 0 Å². The number of ether oxygens (including phenoxy) is 3. The SMILES string of the molecule is COC(=O)/C=C(/Nc1ccc(-n2cnnn2)cc1OC)C(=O)OC. The van der Waals surface area contributed by atoms with Crippen LogP contribution in [0.3, 0.4) is 0 Å². The van der Waals surface area contributed by atoms with Crippen molar-refractivity contribution in [1.29, 1.82) is 0 Å². The first kappa shape index (κ1) is 16.9. The Morgan fingerprint density at radius 1 is 1.21 bits per heavy atom. The predicted molar refractivity (Wildman–Crippen MR) is 81.4 cm³/mol. The average molecular weight is 333 g/mol. The molecule has 0 radical (unpaired) electrons. The number of carbonyl (C=O) groups is 2. The van der Waals surface area contributed by atoms with Crippen LogP contribution in [0.25, 0.3) is 5.69 Å². The molecule has 0 saturated carbocycles. The third-order valence-corrected chi connectivity index (χ3v) is 2.94. The molecule has 1 aromatic carbocycles. The highest BCUT2D eigenvalue weighted by Gasteiger charge is 2.15. The van der Waals surface area contributed by atoms with Gasteiger partial charge in [0, 0.05) is 6.07 Å². The lowest BCUT2D eigenvalue weighted by atomic mass is 10.2. The molecule has 1 aromatic heterocycles. The number of anilines is 1. The van der Waals surface area contributed by atoms with Gasteiger partial charge in [-0.05, 0) is 22.6 Å². The van der Waals surface area contributed by atoms with E-state index < -0.39 is 11.9 Å². The molecular formula is C14H15N5O5. The Morgan fingerprint density at radius 2 is 2.00 bits per heavy atom. The number of rotatable bonds is 6. The number of nitrogens with one attached hydrogen (secondary N) is 1. The fraction of sp³-hybridized carbons (Fsp3) is 0.214. The molecule has 0 unspecified atom stereocenters. The molecule has 0 saturated heterocycles. The molecule has 0 amide bonds. The van der Waals surface area contributed by atoms with Crippen LogP contribution in [0.4, 0.5) is 5.69 Å². The lowest BCUT2D eigenvalue weighted by Gasteiger charge is -2.13. The van der Waals surface area contributed by atoms with Gasteiger partial charge < -0.3 is 19.5 Å². The Balaban J connectivity index is 2.34. The highest BCUT2D eigenvalue weighted by atomic mass is 16.5. The van der Waals surface area contributed by atoms with E-state index in [1.165, 1.54) is 32.3 Å². The van der Waals surface area contributed by atoms with Crippen molar-refractivity contribution in [3.8, 4) is 11.4 Å². The van der Waals surface area contributed by atoms with E-state index in [-0.39, 0.29) is 5.70 Å². The zero-order valence-corrected chi connectivity index (χ0v) is 13.2. The van der Waals surface area contributed by atoms with Gasteiger partial charge in [-0.2, -0.15) is 0 Å². The standard InChI is InChI=1S/C14H15N5O5/c1-22-12-6-9(19-8-15-17-18-19)4-5-10(12)16-11(14(21)24-3)7-13(20)23-2/h4-8,16H,1-3H3/b11-7+. The zero-order chi connectivity index (χ0) is 17.5. The first-order valence-electron chi connectivity index (χ1n) is 6.65. The summed E-state index contributed by atoms with van der Waals surface area (Å²) in [5, 5.41) is 13.7. The highest BCUT2D eigenvalue weighted by molar-refractivity contribution is 5.99. The van der Waals surface area contributed by atoms with E-state index in [1.807, 2.05) is 0 Å². The fourth-order valence-corrected chi connectivity index (χ4v) is 1.78. The number of nitrogens with zero attached hydrogens (tertiary/aromatic N) is 4. The normalized spacial score (nSPS) is 10.9. The maximum Gasteiger partial charge on any atom is 0.354 e. The number of carbonyl (C=O) groups excluding carboxylic acids is 2. The van der Waals surface area contributed by atoms with Crippen molar-refractivity contribution in [2.75, 3.05) is 26.6 Å². The van der Waals surface area contributed by atoms with E-state index in [0.717, 1.165) is 6.08 Å². The van der Waals surface area contributed by atoms with Crippen molar-refractivity contribution in [1.82, 2.24) is 20.2 Å². The number of hydrogen-bond acceptors (Lipinski definition) is 9. The van der Waals surface area contributed by atoms with Crippen LogP contribution in [0, 0.1) is 0 Å². The van der Waals surface area contributed by atoms with Gasteiger partial charge in [0.25, 0.3) is 0 Å². The molecule has 0 spiro atoms. The minimum Gasteiger partial charge on any atom is -0.494 e. The van der Waals surface area contributed by atoms with E-state index in [4.69, 9.17) is 4.74 Å². The quantitative estimate of drug-likeness (QED) is 0.588. The van der Waals surface area contributed by atoms with E-state index in [1.54, 1.807) is 18.2 Å². The lowest BCUT2D eigenvalue weighted by molar-refractivity contribution is -0.138. The maximum absolute atomic E-state index is 11.8. The Labute approximate surface area is 137 Å². The zero-order valence-electron chi connectivity index (χ0n) is 13.2. The summed E-state index contributed by atoms with van der Waals surface area (Å²) >= 11 is 0. The summed E-state index contributed by atoms with van der Waals surface area (Å²) < 4.78 is 15.9. The summed E-state index contributed by atoms with van der Waals surface area (Å²) in [7, 11) is 3.87. The maximum atomic E-state index is 11.8. The van der Waals surface area contributed by atoms with Crippen molar-refractivity contribution >= 4 is 17.6 Å². The van der Waals surface area contributed by atoms with Gasteiger partial charge in [-0.3, -0.25) is 0 Å². The number of benzene rings is 1. The molecule has 0 aliphatic carbocycles. The number of esters is 2. The number of aromatic nitrogens is 4. The van der Waals surface area contributed by atoms with Gasteiger partial charge >= 0.3 is 11.9 Å². The van der Waals surface area contributed by atoms with Gasteiger partial charge in [-0.25, -0.2) is 14.3 Å².